The quantitative estimate of drug-likeness (QED) is 0.236. The van der Waals surface area contributed by atoms with E-state index in [9.17, 15) is 17.6 Å². The first kappa shape index (κ1) is 26.7. The number of sulfonamides is 1. The number of nitrogens with zero attached hydrogens (tertiary/aromatic N) is 1. The molecule has 5 aromatic rings. The van der Waals surface area contributed by atoms with Gasteiger partial charge in [0.05, 0.1) is 16.0 Å². The molecule has 0 unspecified atom stereocenters. The van der Waals surface area contributed by atoms with Gasteiger partial charge in [-0.1, -0.05) is 36.4 Å². The zero-order chi connectivity index (χ0) is 28.6. The number of nitrogens with two attached hydrogens (primary N) is 1. The van der Waals surface area contributed by atoms with Crippen LogP contribution in [0.5, 0.6) is 11.5 Å². The van der Waals surface area contributed by atoms with Crippen LogP contribution in [0.15, 0.2) is 102 Å². The van der Waals surface area contributed by atoms with Crippen molar-refractivity contribution in [2.24, 2.45) is 5.73 Å². The maximum atomic E-state index is 13.5. The van der Waals surface area contributed by atoms with Crippen molar-refractivity contribution in [3.63, 3.8) is 0 Å². The normalized spacial score (nSPS) is 14.8. The second-order valence-corrected chi connectivity index (χ2v) is 12.1. The Bertz CT molecular complexity index is 1830. The predicted octanol–water partition coefficient (Wildman–Crippen LogP) is 6.43. The van der Waals surface area contributed by atoms with Crippen LogP contribution < -0.4 is 10.5 Å². The number of amides is 1. The van der Waals surface area contributed by atoms with Crippen molar-refractivity contribution in [3.8, 4) is 22.6 Å². The first-order valence-corrected chi connectivity index (χ1v) is 14.8. The number of nitrogens with one attached hydrogen (secondary N) is 1. The molecule has 1 aliphatic heterocycles. The maximum Gasteiger partial charge on any atom is 0.250 e. The Morgan fingerprint density at radius 2 is 1.61 bits per heavy atom. The average molecular weight is 570 g/mol. The summed E-state index contributed by atoms with van der Waals surface area (Å²) >= 11 is 0. The molecule has 6 rings (SSSR count). The number of rotatable bonds is 7. The van der Waals surface area contributed by atoms with E-state index in [-0.39, 0.29) is 16.6 Å². The zero-order valence-electron chi connectivity index (χ0n) is 22.1. The van der Waals surface area contributed by atoms with Crippen molar-refractivity contribution >= 4 is 26.8 Å². The van der Waals surface area contributed by atoms with Gasteiger partial charge < -0.3 is 15.5 Å². The van der Waals surface area contributed by atoms with E-state index in [2.05, 4.69) is 11.1 Å². The minimum atomic E-state index is -3.75. The topological polar surface area (TPSA) is 105 Å². The molecule has 0 atom stereocenters. The van der Waals surface area contributed by atoms with Crippen molar-refractivity contribution in [1.29, 1.82) is 0 Å². The van der Waals surface area contributed by atoms with Crippen LogP contribution in [0.4, 0.5) is 4.39 Å². The number of halogens is 1. The Balaban J connectivity index is 1.22. The molecule has 1 aromatic heterocycles. The van der Waals surface area contributed by atoms with Gasteiger partial charge in [-0.25, -0.2) is 12.8 Å². The summed E-state index contributed by atoms with van der Waals surface area (Å²) in [4.78, 5) is 15.7. The van der Waals surface area contributed by atoms with Gasteiger partial charge in [-0.05, 0) is 84.0 Å². The average Bonchev–Trinajstić information content (AvgIpc) is 3.42. The fraction of sp³-hybridized carbons (Fsp3) is 0.156. The Kier molecular flexibility index (Phi) is 7.07. The van der Waals surface area contributed by atoms with E-state index in [0.29, 0.717) is 48.5 Å². The fourth-order valence-corrected chi connectivity index (χ4v) is 6.98. The van der Waals surface area contributed by atoms with Gasteiger partial charge in [-0.15, -0.1) is 0 Å². The lowest BCUT2D eigenvalue weighted by atomic mass is 9.88. The molecule has 0 saturated carbocycles. The van der Waals surface area contributed by atoms with Crippen LogP contribution >= 0.6 is 0 Å². The van der Waals surface area contributed by atoms with Crippen LogP contribution in [0.1, 0.15) is 34.7 Å². The van der Waals surface area contributed by atoms with E-state index in [4.69, 9.17) is 10.5 Å². The summed E-state index contributed by atoms with van der Waals surface area (Å²) in [6.07, 6.45) is 3.16. The third-order valence-corrected chi connectivity index (χ3v) is 9.47. The third kappa shape index (κ3) is 5.33. The molecule has 0 radical (unpaired) electrons. The third-order valence-electron chi connectivity index (χ3n) is 7.58. The molecule has 208 valence electrons. The number of H-pyrrole nitrogens is 1. The molecular formula is C32H28FN3O4S. The highest BCUT2D eigenvalue weighted by Crippen LogP contribution is 2.38. The first-order chi connectivity index (χ1) is 19.8. The molecule has 3 N–H and O–H groups in total. The molecule has 0 spiro atoms. The Morgan fingerprint density at radius 1 is 0.878 bits per heavy atom. The van der Waals surface area contributed by atoms with Crippen molar-refractivity contribution in [3.05, 3.63) is 114 Å². The molecular weight excluding hydrogens is 541 g/mol. The number of aromatic amines is 1. The number of hydrogen-bond donors (Lipinski definition) is 2. The smallest absolute Gasteiger partial charge is 0.250 e. The van der Waals surface area contributed by atoms with Crippen molar-refractivity contribution in [2.45, 2.75) is 23.7 Å². The van der Waals surface area contributed by atoms with E-state index < -0.39 is 15.9 Å². The number of piperidine rings is 1. The highest BCUT2D eigenvalue weighted by atomic mass is 32.2. The lowest BCUT2D eigenvalue weighted by Gasteiger charge is -2.31. The Hall–Kier alpha value is -4.47. The van der Waals surface area contributed by atoms with E-state index >= 15 is 0 Å². The summed E-state index contributed by atoms with van der Waals surface area (Å²) in [5, 5.41) is 0.923. The molecule has 0 bridgehead atoms. The predicted molar refractivity (Wildman–Crippen MR) is 156 cm³/mol. The summed E-state index contributed by atoms with van der Waals surface area (Å²) in [5.41, 5.74) is 9.79. The monoisotopic (exact) mass is 569 g/mol. The fourth-order valence-electron chi connectivity index (χ4n) is 5.48. The summed E-state index contributed by atoms with van der Waals surface area (Å²) in [6.45, 7) is 0.702. The van der Waals surface area contributed by atoms with E-state index in [1.165, 1.54) is 34.6 Å². The molecule has 9 heteroatoms. The van der Waals surface area contributed by atoms with Gasteiger partial charge in [-0.2, -0.15) is 4.31 Å². The number of primary amides is 1. The number of carbonyl (C=O) groups excluding carboxylic acids is 1. The second kappa shape index (κ2) is 10.8. The summed E-state index contributed by atoms with van der Waals surface area (Å²) in [5.74, 6) is -0.0151. The Morgan fingerprint density at radius 3 is 2.32 bits per heavy atom. The second-order valence-electron chi connectivity index (χ2n) is 10.1. The number of ether oxygens (including phenoxy) is 1. The largest absolute Gasteiger partial charge is 0.457 e. The van der Waals surface area contributed by atoms with Crippen LogP contribution in [-0.4, -0.2) is 36.7 Å². The lowest BCUT2D eigenvalue weighted by molar-refractivity contribution is 0.100. The molecule has 41 heavy (non-hydrogen) atoms. The van der Waals surface area contributed by atoms with Gasteiger partial charge in [0, 0.05) is 30.7 Å². The van der Waals surface area contributed by atoms with Gasteiger partial charge in [-0.3, -0.25) is 4.79 Å². The molecule has 0 aliphatic carbocycles. The van der Waals surface area contributed by atoms with Gasteiger partial charge in [0.25, 0.3) is 5.91 Å². The molecule has 1 saturated heterocycles. The molecule has 1 fully saturated rings. The molecule has 1 aliphatic rings. The van der Waals surface area contributed by atoms with Crippen LogP contribution in [0.25, 0.3) is 22.0 Å². The van der Waals surface area contributed by atoms with Crippen LogP contribution in [0.2, 0.25) is 0 Å². The van der Waals surface area contributed by atoms with Gasteiger partial charge >= 0.3 is 0 Å². The van der Waals surface area contributed by atoms with Crippen LogP contribution in [0, 0.1) is 5.82 Å². The number of fused-ring (bicyclic) bond motifs is 1. The van der Waals surface area contributed by atoms with Crippen LogP contribution in [0.3, 0.4) is 0 Å². The van der Waals surface area contributed by atoms with Gasteiger partial charge in [0.2, 0.25) is 10.0 Å². The first-order valence-electron chi connectivity index (χ1n) is 13.3. The van der Waals surface area contributed by atoms with E-state index in [1.54, 1.807) is 18.2 Å². The number of carbonyl (C=O) groups is 1. The number of benzene rings is 4. The number of aromatic nitrogens is 1. The molecule has 4 aromatic carbocycles. The van der Waals surface area contributed by atoms with Crippen LogP contribution in [-0.2, 0) is 10.0 Å². The summed E-state index contributed by atoms with van der Waals surface area (Å²) in [6, 6.07) is 25.6. The molecule has 1 amide bonds. The van der Waals surface area contributed by atoms with Gasteiger partial charge in [0.15, 0.2) is 0 Å². The van der Waals surface area contributed by atoms with Crippen molar-refractivity contribution < 1.29 is 22.3 Å². The molecule has 7 nitrogen and oxygen atoms in total. The summed E-state index contributed by atoms with van der Waals surface area (Å²) in [7, 11) is -3.75. The van der Waals surface area contributed by atoms with Gasteiger partial charge in [0.1, 0.15) is 17.3 Å². The number of hydrogen-bond acceptors (Lipinski definition) is 4. The maximum absolute atomic E-state index is 13.5. The standard InChI is InChI=1S/C32H28FN3O4S/c33-24-9-11-25(12-10-24)40-26-7-4-8-27(19-26)41(38,39)36-15-13-22(14-16-36)30-20-35-31-28(30)17-23(18-29(31)32(34)37)21-5-2-1-3-6-21/h1-12,17-20,22,35H,13-16H2,(H2,34,37). The van der Waals surface area contributed by atoms with E-state index in [0.717, 1.165) is 22.1 Å². The van der Waals surface area contributed by atoms with Crippen molar-refractivity contribution in [2.75, 3.05) is 13.1 Å². The lowest BCUT2D eigenvalue weighted by Crippen LogP contribution is -2.37. The summed E-state index contributed by atoms with van der Waals surface area (Å²) < 4.78 is 47.5. The minimum Gasteiger partial charge on any atom is -0.457 e. The van der Waals surface area contributed by atoms with E-state index in [1.807, 2.05) is 42.6 Å². The van der Waals surface area contributed by atoms with Crippen molar-refractivity contribution in [1.82, 2.24) is 9.29 Å². The zero-order valence-corrected chi connectivity index (χ0v) is 22.9. The highest BCUT2D eigenvalue weighted by Gasteiger charge is 2.31. The Labute approximate surface area is 237 Å². The minimum absolute atomic E-state index is 0.107. The highest BCUT2D eigenvalue weighted by molar-refractivity contribution is 7.89. The molecule has 2 heterocycles. The SMILES string of the molecule is NC(=O)c1cc(-c2ccccc2)cc2c(C3CCN(S(=O)(=O)c4cccc(Oc5ccc(F)cc5)c4)CC3)c[nH]c12.